The van der Waals surface area contributed by atoms with Crippen LogP contribution in [0.2, 0.25) is 0 Å². The number of phenols is 2. The van der Waals surface area contributed by atoms with Crippen LogP contribution in [0.4, 0.5) is 37.7 Å². The second-order valence-electron chi connectivity index (χ2n) is 5.24. The number of alkyl halides is 6. The molecule has 0 saturated carbocycles. The molecular weight excluding hydrogens is 370 g/mol. The van der Waals surface area contributed by atoms with Gasteiger partial charge in [-0.2, -0.15) is 26.3 Å². The Morgan fingerprint density at radius 1 is 0.731 bits per heavy atom. The molecule has 0 unspecified atom stereocenters. The van der Waals surface area contributed by atoms with E-state index in [2.05, 4.69) is 0 Å². The molecule has 26 heavy (non-hydrogen) atoms. The number of carbonyl (C=O) groups is 1. The zero-order chi connectivity index (χ0) is 20.0. The molecule has 0 spiro atoms. The summed E-state index contributed by atoms with van der Waals surface area (Å²) < 4.78 is 78.8. The van der Waals surface area contributed by atoms with E-state index in [1.54, 1.807) is 0 Å². The maximum Gasteiger partial charge on any atom is 0.417 e. The fourth-order valence-corrected chi connectivity index (χ4v) is 2.20. The van der Waals surface area contributed by atoms with Crippen molar-refractivity contribution in [2.24, 2.45) is 0 Å². The van der Waals surface area contributed by atoms with Crippen molar-refractivity contribution in [3.05, 3.63) is 46.5 Å². The van der Waals surface area contributed by atoms with Gasteiger partial charge in [-0.05, 0) is 24.3 Å². The Hall–Kier alpha value is -3.11. The Morgan fingerprint density at radius 2 is 1.04 bits per heavy atom. The van der Waals surface area contributed by atoms with Crippen molar-refractivity contribution in [2.45, 2.75) is 12.4 Å². The van der Waals surface area contributed by atoms with E-state index in [9.17, 15) is 41.4 Å². The van der Waals surface area contributed by atoms with Crippen LogP contribution in [0.15, 0.2) is 24.3 Å². The highest BCUT2D eigenvalue weighted by Crippen LogP contribution is 2.41. The predicted molar refractivity (Wildman–Crippen MR) is 78.5 cm³/mol. The first-order valence-electron chi connectivity index (χ1n) is 6.67. The van der Waals surface area contributed by atoms with Gasteiger partial charge >= 0.3 is 12.4 Å². The summed E-state index contributed by atoms with van der Waals surface area (Å²) in [5.74, 6) is -3.57. The molecule has 0 aliphatic rings. The van der Waals surface area contributed by atoms with Crippen LogP contribution in [0.1, 0.15) is 27.0 Å². The van der Waals surface area contributed by atoms with Crippen molar-refractivity contribution >= 4 is 17.2 Å². The summed E-state index contributed by atoms with van der Waals surface area (Å²) in [4.78, 5) is 12.4. The van der Waals surface area contributed by atoms with Crippen molar-refractivity contribution < 1.29 is 41.4 Å². The summed E-state index contributed by atoms with van der Waals surface area (Å²) in [6.07, 6.45) is -10.3. The number of benzene rings is 2. The Bertz CT molecular complexity index is 819. The summed E-state index contributed by atoms with van der Waals surface area (Å²) in [5, 5.41) is 19.0. The number of carbonyl (C=O) groups excluding carboxylic acids is 1. The Kier molecular flexibility index (Phi) is 4.44. The van der Waals surface area contributed by atoms with Crippen molar-refractivity contribution in [3.8, 4) is 11.5 Å². The van der Waals surface area contributed by atoms with E-state index in [0.717, 1.165) is 0 Å². The fourth-order valence-electron chi connectivity index (χ4n) is 2.20. The molecule has 2 aromatic carbocycles. The molecule has 0 aliphatic heterocycles. The first kappa shape index (κ1) is 19.2. The average Bonchev–Trinajstić information content (AvgIpc) is 2.49. The highest BCUT2D eigenvalue weighted by atomic mass is 19.4. The predicted octanol–water partition coefficient (Wildman–Crippen LogP) is 3.53. The van der Waals surface area contributed by atoms with Crippen LogP contribution in [-0.2, 0) is 12.4 Å². The molecule has 0 saturated heterocycles. The molecule has 0 aromatic heterocycles. The van der Waals surface area contributed by atoms with E-state index in [4.69, 9.17) is 11.5 Å². The molecule has 0 radical (unpaired) electrons. The molecule has 0 atom stereocenters. The maximum absolute atomic E-state index is 13.1. The minimum Gasteiger partial charge on any atom is -0.506 e. The van der Waals surface area contributed by atoms with E-state index in [0.29, 0.717) is 12.1 Å². The molecule has 5 nitrogen and oxygen atoms in total. The van der Waals surface area contributed by atoms with Gasteiger partial charge in [0.1, 0.15) is 11.5 Å². The third-order valence-electron chi connectivity index (χ3n) is 3.43. The van der Waals surface area contributed by atoms with E-state index in [1.165, 1.54) is 0 Å². The van der Waals surface area contributed by atoms with Gasteiger partial charge in [0.2, 0.25) is 0 Å². The Labute approximate surface area is 141 Å². The summed E-state index contributed by atoms with van der Waals surface area (Å²) in [7, 11) is 0. The average molecular weight is 380 g/mol. The zero-order valence-corrected chi connectivity index (χ0v) is 12.5. The van der Waals surface area contributed by atoms with Crippen LogP contribution in [0.5, 0.6) is 11.5 Å². The number of halogens is 6. The van der Waals surface area contributed by atoms with Crippen LogP contribution in [0, 0.1) is 0 Å². The second kappa shape index (κ2) is 6.00. The van der Waals surface area contributed by atoms with Gasteiger partial charge in [-0.3, -0.25) is 4.79 Å². The van der Waals surface area contributed by atoms with Crippen molar-refractivity contribution in [1.82, 2.24) is 0 Å². The normalized spacial score (nSPS) is 12.2. The number of hydrogen-bond donors (Lipinski definition) is 4. The highest BCUT2D eigenvalue weighted by Gasteiger charge is 2.40. The Balaban J connectivity index is 2.79. The topological polar surface area (TPSA) is 110 Å². The molecule has 0 fully saturated rings. The fraction of sp³-hybridized carbons (Fsp3) is 0.133. The zero-order valence-electron chi connectivity index (χ0n) is 12.5. The number of aromatic hydroxyl groups is 2. The van der Waals surface area contributed by atoms with Crippen molar-refractivity contribution in [3.63, 3.8) is 0 Å². The lowest BCUT2D eigenvalue weighted by molar-refractivity contribution is -0.138. The number of ketones is 1. The molecule has 140 valence electrons. The molecule has 0 heterocycles. The van der Waals surface area contributed by atoms with E-state index >= 15 is 0 Å². The third-order valence-corrected chi connectivity index (χ3v) is 3.43. The molecule has 2 rings (SSSR count). The van der Waals surface area contributed by atoms with Gasteiger partial charge in [0.25, 0.3) is 0 Å². The quantitative estimate of drug-likeness (QED) is 0.276. The lowest BCUT2D eigenvalue weighted by Crippen LogP contribution is -2.18. The van der Waals surface area contributed by atoms with E-state index < -0.39 is 63.3 Å². The van der Waals surface area contributed by atoms with E-state index in [-0.39, 0.29) is 12.1 Å². The largest absolute Gasteiger partial charge is 0.506 e. The lowest BCUT2D eigenvalue weighted by atomic mass is 9.93. The van der Waals surface area contributed by atoms with Gasteiger partial charge in [0.05, 0.1) is 22.5 Å². The van der Waals surface area contributed by atoms with Crippen LogP contribution in [0.3, 0.4) is 0 Å². The van der Waals surface area contributed by atoms with Gasteiger partial charge in [-0.1, -0.05) is 0 Å². The van der Waals surface area contributed by atoms with Crippen LogP contribution in [0.25, 0.3) is 0 Å². The molecule has 0 amide bonds. The molecule has 2 aromatic rings. The van der Waals surface area contributed by atoms with Crippen molar-refractivity contribution in [1.29, 1.82) is 0 Å². The number of phenolic OH excluding ortho intramolecular Hbond substituents is 2. The van der Waals surface area contributed by atoms with Gasteiger partial charge in [-0.25, -0.2) is 0 Å². The first-order chi connectivity index (χ1) is 11.7. The number of rotatable bonds is 2. The molecule has 11 heteroatoms. The first-order valence-corrected chi connectivity index (χ1v) is 6.67. The monoisotopic (exact) mass is 380 g/mol. The number of anilines is 2. The lowest BCUT2D eigenvalue weighted by Gasteiger charge is -2.17. The Morgan fingerprint density at radius 3 is 1.31 bits per heavy atom. The van der Waals surface area contributed by atoms with Crippen LogP contribution >= 0.6 is 0 Å². The summed E-state index contributed by atoms with van der Waals surface area (Å²) in [6.45, 7) is 0. The molecule has 0 bridgehead atoms. The van der Waals surface area contributed by atoms with E-state index in [1.807, 2.05) is 0 Å². The second-order valence-corrected chi connectivity index (χ2v) is 5.24. The third kappa shape index (κ3) is 3.46. The smallest absolute Gasteiger partial charge is 0.417 e. The number of hydrogen-bond acceptors (Lipinski definition) is 5. The minimum atomic E-state index is -5.14. The van der Waals surface area contributed by atoms with Crippen molar-refractivity contribution in [2.75, 3.05) is 11.5 Å². The number of nitrogen functional groups attached to an aromatic ring is 2. The van der Waals surface area contributed by atoms with Gasteiger partial charge in [0, 0.05) is 11.1 Å². The van der Waals surface area contributed by atoms with Gasteiger partial charge in [-0.15, -0.1) is 0 Å². The summed E-state index contributed by atoms with van der Waals surface area (Å²) in [6, 6.07) is 1.09. The maximum atomic E-state index is 13.1. The van der Waals surface area contributed by atoms with Gasteiger partial charge < -0.3 is 21.7 Å². The molecule has 0 aliphatic carbocycles. The summed E-state index contributed by atoms with van der Waals surface area (Å²) in [5.41, 5.74) is 3.10. The standard InChI is InChI=1S/C15H10F6N2O3/c16-14(17,18)7-3-9(22)11(24)1-5(7)13(26)6-2-12(25)10(23)4-8(6)15(19,20)21/h1-4,24-25H,22-23H2. The van der Waals surface area contributed by atoms with Crippen LogP contribution in [-0.4, -0.2) is 16.0 Å². The minimum absolute atomic E-state index is 0.229. The molecule has 6 N–H and O–H groups in total. The van der Waals surface area contributed by atoms with Gasteiger partial charge in [0.15, 0.2) is 5.78 Å². The van der Waals surface area contributed by atoms with Crippen LogP contribution < -0.4 is 11.5 Å². The summed E-state index contributed by atoms with van der Waals surface area (Å²) >= 11 is 0. The highest BCUT2D eigenvalue weighted by molar-refractivity contribution is 6.12. The number of nitrogens with two attached hydrogens (primary N) is 2. The molecular formula is C15H10F6N2O3. The SMILES string of the molecule is Nc1cc(C(F)(F)F)c(C(=O)c2cc(O)c(N)cc2C(F)(F)F)cc1O.